The van der Waals surface area contributed by atoms with Crippen LogP contribution in [0.3, 0.4) is 0 Å². The Morgan fingerprint density at radius 3 is 3.00 bits per heavy atom. The maximum absolute atomic E-state index is 11.2. The monoisotopic (exact) mass is 148 g/mol. The van der Waals surface area contributed by atoms with Crippen LogP contribution in [-0.4, -0.2) is 5.78 Å². The highest BCUT2D eigenvalue weighted by atomic mass is 16.1. The molecule has 0 radical (unpaired) electrons. The Bertz CT molecular complexity index is 237. The molecule has 1 heteroatoms. The molecule has 0 saturated carbocycles. The van der Waals surface area contributed by atoms with Crippen molar-refractivity contribution < 1.29 is 4.79 Å². The van der Waals surface area contributed by atoms with Crippen LogP contribution < -0.4 is 0 Å². The van der Waals surface area contributed by atoms with E-state index >= 15 is 0 Å². The molecular formula is C10H12O. The van der Waals surface area contributed by atoms with Crippen LogP contribution in [0.2, 0.25) is 0 Å². The van der Waals surface area contributed by atoms with Gasteiger partial charge in [-0.25, -0.2) is 0 Å². The molecule has 0 spiro atoms. The van der Waals surface area contributed by atoms with E-state index in [9.17, 15) is 4.79 Å². The number of allylic oxidation sites excluding steroid dienone is 4. The summed E-state index contributed by atoms with van der Waals surface area (Å²) < 4.78 is 0. The van der Waals surface area contributed by atoms with Gasteiger partial charge in [0.15, 0.2) is 5.78 Å². The number of carbonyl (C=O) groups excluding carboxylic acids is 1. The minimum Gasteiger partial charge on any atom is -0.295 e. The molecule has 0 fully saturated rings. The Labute approximate surface area is 66.8 Å². The molecule has 2 aliphatic rings. The molecule has 58 valence electrons. The van der Waals surface area contributed by atoms with E-state index in [1.54, 1.807) is 6.08 Å². The van der Waals surface area contributed by atoms with Crippen LogP contribution in [0.4, 0.5) is 0 Å². The molecule has 0 N–H and O–H groups in total. The Balaban J connectivity index is 2.27. The van der Waals surface area contributed by atoms with Crippen LogP contribution in [0.15, 0.2) is 24.3 Å². The fourth-order valence-electron chi connectivity index (χ4n) is 2.04. The summed E-state index contributed by atoms with van der Waals surface area (Å²) in [6.45, 7) is 2.18. The number of hydrogen-bond acceptors (Lipinski definition) is 1. The lowest BCUT2D eigenvalue weighted by Crippen LogP contribution is -2.22. The van der Waals surface area contributed by atoms with Crippen molar-refractivity contribution in [2.45, 2.75) is 13.3 Å². The van der Waals surface area contributed by atoms with Crippen molar-refractivity contribution in [1.29, 1.82) is 0 Å². The first kappa shape index (κ1) is 6.84. The number of rotatable bonds is 0. The largest absolute Gasteiger partial charge is 0.295 e. The van der Waals surface area contributed by atoms with E-state index in [-0.39, 0.29) is 5.92 Å². The lowest BCUT2D eigenvalue weighted by Gasteiger charge is -2.24. The topological polar surface area (TPSA) is 17.1 Å². The van der Waals surface area contributed by atoms with Gasteiger partial charge < -0.3 is 0 Å². The molecule has 2 rings (SSSR count). The van der Waals surface area contributed by atoms with Gasteiger partial charge in [-0.1, -0.05) is 25.2 Å². The van der Waals surface area contributed by atoms with E-state index in [0.717, 1.165) is 6.42 Å². The molecule has 0 heterocycles. The fraction of sp³-hybridized carbons (Fsp3) is 0.500. The number of carbonyl (C=O) groups is 1. The molecule has 1 nitrogen and oxygen atoms in total. The van der Waals surface area contributed by atoms with Crippen molar-refractivity contribution in [3.63, 3.8) is 0 Å². The van der Waals surface area contributed by atoms with Gasteiger partial charge in [-0.15, -0.1) is 0 Å². The van der Waals surface area contributed by atoms with Crippen molar-refractivity contribution >= 4 is 5.78 Å². The summed E-state index contributed by atoms with van der Waals surface area (Å²) >= 11 is 0. The lowest BCUT2D eigenvalue weighted by molar-refractivity contribution is -0.118. The van der Waals surface area contributed by atoms with Crippen LogP contribution in [0.1, 0.15) is 13.3 Å². The summed E-state index contributed by atoms with van der Waals surface area (Å²) in [4.78, 5) is 11.2. The molecule has 0 amide bonds. The second kappa shape index (κ2) is 2.33. The zero-order valence-corrected chi connectivity index (χ0v) is 6.66. The molecule has 0 aromatic rings. The van der Waals surface area contributed by atoms with E-state index < -0.39 is 0 Å². The third-order valence-corrected chi connectivity index (χ3v) is 2.75. The van der Waals surface area contributed by atoms with Gasteiger partial charge in [-0.3, -0.25) is 4.79 Å². The first-order valence-corrected chi connectivity index (χ1v) is 4.18. The van der Waals surface area contributed by atoms with Gasteiger partial charge >= 0.3 is 0 Å². The smallest absolute Gasteiger partial charge is 0.159 e. The van der Waals surface area contributed by atoms with Crippen LogP contribution in [-0.2, 0) is 4.79 Å². The maximum atomic E-state index is 11.2. The van der Waals surface area contributed by atoms with Crippen LogP contribution in [0, 0.1) is 17.8 Å². The zero-order valence-electron chi connectivity index (χ0n) is 6.66. The Morgan fingerprint density at radius 2 is 2.27 bits per heavy atom. The van der Waals surface area contributed by atoms with Crippen LogP contribution in [0.25, 0.3) is 0 Å². The predicted octanol–water partition coefficient (Wildman–Crippen LogP) is 1.95. The highest BCUT2D eigenvalue weighted by molar-refractivity contribution is 5.94. The zero-order chi connectivity index (χ0) is 7.84. The van der Waals surface area contributed by atoms with E-state index in [4.69, 9.17) is 0 Å². The standard InChI is InChI=1S/C10H12O/c1-7-3-2-4-9-8(7)5-6-10(9)11/h2-3,5-9H,4H2,1H3/t7-,8+,9-/m0/s1. The van der Waals surface area contributed by atoms with Crippen molar-refractivity contribution in [2.24, 2.45) is 17.8 Å². The van der Waals surface area contributed by atoms with Gasteiger partial charge in [0.05, 0.1) is 0 Å². The molecule has 0 bridgehead atoms. The van der Waals surface area contributed by atoms with Gasteiger partial charge in [0.1, 0.15) is 0 Å². The SMILES string of the molecule is C[C@H]1C=CC[C@@H]2C(=O)C=C[C@@H]21. The molecule has 0 unspecified atom stereocenters. The van der Waals surface area contributed by atoms with Crippen molar-refractivity contribution in [3.05, 3.63) is 24.3 Å². The van der Waals surface area contributed by atoms with Crippen LogP contribution in [0.5, 0.6) is 0 Å². The van der Waals surface area contributed by atoms with Crippen molar-refractivity contribution in [3.8, 4) is 0 Å². The van der Waals surface area contributed by atoms with Crippen molar-refractivity contribution in [1.82, 2.24) is 0 Å². The summed E-state index contributed by atoms with van der Waals surface area (Å²) in [5, 5.41) is 0. The first-order chi connectivity index (χ1) is 5.29. The first-order valence-electron chi connectivity index (χ1n) is 4.18. The summed E-state index contributed by atoms with van der Waals surface area (Å²) in [5.41, 5.74) is 0. The van der Waals surface area contributed by atoms with Gasteiger partial charge in [0, 0.05) is 5.92 Å². The normalized spacial score (nSPS) is 41.2. The Hall–Kier alpha value is -0.850. The van der Waals surface area contributed by atoms with E-state index in [2.05, 4.69) is 25.2 Å². The third kappa shape index (κ3) is 0.953. The Kier molecular flexibility index (Phi) is 1.45. The second-order valence-electron chi connectivity index (χ2n) is 3.47. The predicted molar refractivity (Wildman–Crippen MR) is 44.0 cm³/mol. The fourth-order valence-corrected chi connectivity index (χ4v) is 2.04. The van der Waals surface area contributed by atoms with Gasteiger partial charge in [0.2, 0.25) is 0 Å². The minimum atomic E-state index is 0.273. The van der Waals surface area contributed by atoms with E-state index in [1.165, 1.54) is 0 Å². The van der Waals surface area contributed by atoms with E-state index in [0.29, 0.717) is 17.6 Å². The average Bonchev–Trinajstić information content (AvgIpc) is 2.35. The second-order valence-corrected chi connectivity index (χ2v) is 3.47. The van der Waals surface area contributed by atoms with Crippen LogP contribution >= 0.6 is 0 Å². The molecule has 0 aromatic carbocycles. The third-order valence-electron chi connectivity index (χ3n) is 2.75. The number of fused-ring (bicyclic) bond motifs is 1. The number of hydrogen-bond donors (Lipinski definition) is 0. The van der Waals surface area contributed by atoms with Gasteiger partial charge in [-0.05, 0) is 24.3 Å². The van der Waals surface area contributed by atoms with Crippen molar-refractivity contribution in [2.75, 3.05) is 0 Å². The molecule has 0 aliphatic heterocycles. The number of ketones is 1. The van der Waals surface area contributed by atoms with Gasteiger partial charge in [0.25, 0.3) is 0 Å². The molecule has 2 aliphatic carbocycles. The highest BCUT2D eigenvalue weighted by Crippen LogP contribution is 2.35. The summed E-state index contributed by atoms with van der Waals surface area (Å²) in [6.07, 6.45) is 9.11. The summed E-state index contributed by atoms with van der Waals surface area (Å²) in [5.74, 6) is 1.64. The molecule has 3 atom stereocenters. The molecular weight excluding hydrogens is 136 g/mol. The molecule has 0 aromatic heterocycles. The maximum Gasteiger partial charge on any atom is 0.159 e. The molecule has 0 saturated heterocycles. The highest BCUT2D eigenvalue weighted by Gasteiger charge is 2.33. The van der Waals surface area contributed by atoms with Gasteiger partial charge in [-0.2, -0.15) is 0 Å². The van der Waals surface area contributed by atoms with E-state index in [1.807, 2.05) is 0 Å². The quantitative estimate of drug-likeness (QED) is 0.480. The minimum absolute atomic E-state index is 0.273. The average molecular weight is 148 g/mol. The summed E-state index contributed by atoms with van der Waals surface area (Å²) in [6, 6.07) is 0. The molecule has 11 heavy (non-hydrogen) atoms. The lowest BCUT2D eigenvalue weighted by atomic mass is 9.79. The Morgan fingerprint density at radius 1 is 1.45 bits per heavy atom. The summed E-state index contributed by atoms with van der Waals surface area (Å²) in [7, 11) is 0.